The Morgan fingerprint density at radius 1 is 1.27 bits per heavy atom. The number of benzene rings is 1. The lowest BCUT2D eigenvalue weighted by Crippen LogP contribution is -2.42. The number of hydrogen-bond acceptors (Lipinski definition) is 6. The number of imidazole rings is 1. The van der Waals surface area contributed by atoms with E-state index in [9.17, 15) is 9.59 Å². The van der Waals surface area contributed by atoms with Crippen LogP contribution in [-0.2, 0) is 24.2 Å². The Kier molecular flexibility index (Phi) is 6.84. The smallest absolute Gasteiger partial charge is 0.404 e. The first-order valence-electron chi connectivity index (χ1n) is 10.8. The summed E-state index contributed by atoms with van der Waals surface area (Å²) in [4.78, 5) is 35.7. The molecule has 1 saturated heterocycles. The van der Waals surface area contributed by atoms with Crippen molar-refractivity contribution in [3.05, 3.63) is 51.5 Å². The quantitative estimate of drug-likeness (QED) is 0.440. The molecule has 1 aromatic carbocycles. The molecule has 4 rings (SSSR count). The lowest BCUT2D eigenvalue weighted by Gasteiger charge is -2.32. The first kappa shape index (κ1) is 22.7. The van der Waals surface area contributed by atoms with Gasteiger partial charge in [0.2, 0.25) is 11.2 Å². The highest BCUT2D eigenvalue weighted by molar-refractivity contribution is 6.28. The van der Waals surface area contributed by atoms with Gasteiger partial charge in [0.15, 0.2) is 11.2 Å². The van der Waals surface area contributed by atoms with Crippen LogP contribution in [0.5, 0.6) is 0 Å². The van der Waals surface area contributed by atoms with Crippen LogP contribution >= 0.6 is 11.6 Å². The van der Waals surface area contributed by atoms with Crippen LogP contribution in [0.25, 0.3) is 11.2 Å². The second kappa shape index (κ2) is 9.96. The van der Waals surface area contributed by atoms with Gasteiger partial charge in [0.05, 0.1) is 13.1 Å². The van der Waals surface area contributed by atoms with Crippen molar-refractivity contribution in [2.75, 3.05) is 18.0 Å². The standard InChI is InChI=1S/C23H25ClN6O3/c1-2-3-13-29-18-19(27-23(29)28-12-7-10-17(15-28)33-22(25)32)26-21(24)30(20(18)31)14-11-16-8-5-4-6-9-16/h4-6,8-9,17H,7,10-15H2,1H3,(H2,25,32). The fourth-order valence-electron chi connectivity index (χ4n) is 4.09. The Bertz CT molecular complexity index is 1270. The summed E-state index contributed by atoms with van der Waals surface area (Å²) in [5.41, 5.74) is 6.65. The fourth-order valence-corrected chi connectivity index (χ4v) is 4.33. The molecule has 1 unspecified atom stereocenters. The van der Waals surface area contributed by atoms with Gasteiger partial charge < -0.3 is 15.4 Å². The summed E-state index contributed by atoms with van der Waals surface area (Å²) in [6.45, 7) is 3.52. The molecule has 0 saturated carbocycles. The van der Waals surface area contributed by atoms with Gasteiger partial charge in [-0.25, -0.2) is 4.79 Å². The molecule has 1 amide bonds. The van der Waals surface area contributed by atoms with E-state index < -0.39 is 6.09 Å². The summed E-state index contributed by atoms with van der Waals surface area (Å²) in [6.07, 6.45) is 0.991. The minimum absolute atomic E-state index is 0.0924. The Morgan fingerprint density at radius 2 is 2.06 bits per heavy atom. The molecule has 33 heavy (non-hydrogen) atoms. The molecule has 0 aliphatic carbocycles. The van der Waals surface area contributed by atoms with E-state index in [2.05, 4.69) is 21.8 Å². The molecule has 9 nitrogen and oxygen atoms in total. The molecule has 10 heteroatoms. The van der Waals surface area contributed by atoms with Crippen LogP contribution in [0.3, 0.4) is 0 Å². The molecular formula is C23H25ClN6O3. The maximum Gasteiger partial charge on any atom is 0.404 e. The number of anilines is 1. The van der Waals surface area contributed by atoms with Gasteiger partial charge in [-0.05, 0) is 43.4 Å². The van der Waals surface area contributed by atoms with Crippen LogP contribution in [0.15, 0.2) is 35.1 Å². The summed E-state index contributed by atoms with van der Waals surface area (Å²) in [5, 5.41) is 0.0924. The van der Waals surface area contributed by atoms with Gasteiger partial charge in [-0.2, -0.15) is 9.97 Å². The van der Waals surface area contributed by atoms with Gasteiger partial charge in [0, 0.05) is 13.1 Å². The van der Waals surface area contributed by atoms with E-state index in [0.29, 0.717) is 43.9 Å². The first-order chi connectivity index (χ1) is 16.0. The number of carbonyl (C=O) groups is 1. The Morgan fingerprint density at radius 3 is 2.79 bits per heavy atom. The number of carbonyl (C=O) groups excluding carboxylic acids is 1. The number of nitrogens with two attached hydrogens (primary N) is 1. The van der Waals surface area contributed by atoms with Gasteiger partial charge in [0.1, 0.15) is 6.10 Å². The molecule has 3 aromatic rings. The van der Waals surface area contributed by atoms with Crippen molar-refractivity contribution >= 4 is 34.8 Å². The van der Waals surface area contributed by atoms with E-state index in [0.717, 1.165) is 12.0 Å². The number of hydrogen-bond donors (Lipinski definition) is 1. The van der Waals surface area contributed by atoms with Crippen LogP contribution in [-0.4, -0.2) is 44.4 Å². The van der Waals surface area contributed by atoms with Crippen LogP contribution in [0.4, 0.5) is 10.7 Å². The van der Waals surface area contributed by atoms with Crippen LogP contribution in [0, 0.1) is 11.8 Å². The minimum Gasteiger partial charge on any atom is -0.445 e. The third-order valence-electron chi connectivity index (χ3n) is 5.62. The number of piperidine rings is 1. The number of aryl methyl sites for hydroxylation is 1. The molecule has 2 N–H and O–H groups in total. The van der Waals surface area contributed by atoms with Crippen molar-refractivity contribution in [1.29, 1.82) is 0 Å². The Labute approximate surface area is 196 Å². The molecule has 0 spiro atoms. The van der Waals surface area contributed by atoms with Gasteiger partial charge in [-0.3, -0.25) is 13.9 Å². The lowest BCUT2D eigenvalue weighted by atomic mass is 10.1. The minimum atomic E-state index is -0.804. The van der Waals surface area contributed by atoms with E-state index in [1.807, 2.05) is 35.2 Å². The Hall–Kier alpha value is -3.51. The normalized spacial score (nSPS) is 15.8. The number of aromatic nitrogens is 4. The van der Waals surface area contributed by atoms with Gasteiger partial charge in [-0.1, -0.05) is 36.3 Å². The molecule has 1 atom stereocenters. The topological polar surface area (TPSA) is 108 Å². The number of amides is 1. The summed E-state index contributed by atoms with van der Waals surface area (Å²) >= 11 is 6.40. The largest absolute Gasteiger partial charge is 0.445 e. The van der Waals surface area contributed by atoms with E-state index in [4.69, 9.17) is 22.1 Å². The summed E-state index contributed by atoms with van der Waals surface area (Å²) in [7, 11) is 0. The monoisotopic (exact) mass is 468 g/mol. The third kappa shape index (κ3) is 4.96. The number of ether oxygens (including phenoxy) is 1. The number of halogens is 1. The first-order valence-corrected chi connectivity index (χ1v) is 11.2. The predicted molar refractivity (Wildman–Crippen MR) is 126 cm³/mol. The molecule has 172 valence electrons. The molecule has 0 bridgehead atoms. The SMILES string of the molecule is CC#CCn1c(N2CCCC(OC(N)=O)C2)nc2nc(Cl)n(CCc3ccccc3)c(=O)c21. The van der Waals surface area contributed by atoms with Crippen molar-refractivity contribution in [2.24, 2.45) is 5.73 Å². The van der Waals surface area contributed by atoms with Crippen molar-refractivity contribution in [3.63, 3.8) is 0 Å². The fraction of sp³-hybridized carbons (Fsp3) is 0.391. The summed E-state index contributed by atoms with van der Waals surface area (Å²) < 4.78 is 8.44. The lowest BCUT2D eigenvalue weighted by molar-refractivity contribution is 0.0962. The molecule has 3 heterocycles. The second-order valence-electron chi connectivity index (χ2n) is 7.82. The van der Waals surface area contributed by atoms with Crippen molar-refractivity contribution in [3.8, 4) is 11.8 Å². The van der Waals surface area contributed by atoms with Crippen molar-refractivity contribution in [1.82, 2.24) is 19.1 Å². The molecule has 1 aliphatic heterocycles. The average molecular weight is 469 g/mol. The zero-order chi connectivity index (χ0) is 23.4. The predicted octanol–water partition coefficient (Wildman–Crippen LogP) is 2.58. The number of primary amides is 1. The van der Waals surface area contributed by atoms with E-state index >= 15 is 0 Å². The highest BCUT2D eigenvalue weighted by Gasteiger charge is 2.28. The number of nitrogens with zero attached hydrogens (tertiary/aromatic N) is 5. The highest BCUT2D eigenvalue weighted by Crippen LogP contribution is 2.25. The van der Waals surface area contributed by atoms with E-state index in [1.54, 1.807) is 11.5 Å². The Balaban J connectivity index is 1.73. The van der Waals surface area contributed by atoms with Crippen LogP contribution < -0.4 is 16.2 Å². The second-order valence-corrected chi connectivity index (χ2v) is 8.16. The highest BCUT2D eigenvalue weighted by atomic mass is 35.5. The van der Waals surface area contributed by atoms with Gasteiger partial charge in [0.25, 0.3) is 5.56 Å². The maximum absolute atomic E-state index is 13.5. The zero-order valence-electron chi connectivity index (χ0n) is 18.3. The number of rotatable bonds is 6. The summed E-state index contributed by atoms with van der Waals surface area (Å²) in [5.74, 6) is 6.43. The molecule has 0 radical (unpaired) electrons. The third-order valence-corrected chi connectivity index (χ3v) is 5.91. The van der Waals surface area contributed by atoms with Crippen molar-refractivity contribution < 1.29 is 9.53 Å². The molecule has 1 aliphatic rings. The van der Waals surface area contributed by atoms with Crippen LogP contribution in [0.1, 0.15) is 25.3 Å². The zero-order valence-corrected chi connectivity index (χ0v) is 19.1. The summed E-state index contributed by atoms with van der Waals surface area (Å²) in [6, 6.07) is 9.88. The van der Waals surface area contributed by atoms with E-state index in [1.165, 1.54) is 4.57 Å². The van der Waals surface area contributed by atoms with E-state index in [-0.39, 0.29) is 29.1 Å². The number of fused-ring (bicyclic) bond motifs is 1. The van der Waals surface area contributed by atoms with Crippen LogP contribution in [0.2, 0.25) is 5.28 Å². The maximum atomic E-state index is 13.5. The van der Waals surface area contributed by atoms with Gasteiger partial charge >= 0.3 is 6.09 Å². The average Bonchev–Trinajstić information content (AvgIpc) is 3.16. The molecule has 1 fully saturated rings. The van der Waals surface area contributed by atoms with Gasteiger partial charge in [-0.15, -0.1) is 5.92 Å². The molecule has 2 aromatic heterocycles. The van der Waals surface area contributed by atoms with Crippen molar-refractivity contribution in [2.45, 2.75) is 45.4 Å². The molecular weight excluding hydrogens is 444 g/mol.